The van der Waals surface area contributed by atoms with E-state index in [1.807, 2.05) is 17.7 Å². The van der Waals surface area contributed by atoms with Gasteiger partial charge < -0.3 is 24.3 Å². The Morgan fingerprint density at radius 1 is 1.31 bits per heavy atom. The van der Waals surface area contributed by atoms with Crippen LogP contribution in [0, 0.1) is 0 Å². The van der Waals surface area contributed by atoms with Crippen LogP contribution in [0.3, 0.4) is 0 Å². The number of amides is 1. The Hall–Kier alpha value is -2.81. The smallest absolute Gasteiger partial charge is 0.222 e. The maximum atomic E-state index is 11.6. The van der Waals surface area contributed by atoms with Crippen LogP contribution in [-0.4, -0.2) is 59.3 Å². The highest BCUT2D eigenvalue weighted by Gasteiger charge is 2.44. The minimum atomic E-state index is -0.460. The van der Waals surface area contributed by atoms with E-state index in [0.717, 1.165) is 47.2 Å². The Morgan fingerprint density at radius 2 is 2.16 bits per heavy atom. The van der Waals surface area contributed by atoms with Crippen molar-refractivity contribution in [2.75, 3.05) is 39.2 Å². The average Bonchev–Trinajstić information content (AvgIpc) is 3.33. The highest BCUT2D eigenvalue weighted by atomic mass is 16.6. The van der Waals surface area contributed by atoms with Gasteiger partial charge in [-0.05, 0) is 43.8 Å². The first-order valence-corrected chi connectivity index (χ1v) is 11.0. The lowest BCUT2D eigenvalue weighted by Gasteiger charge is -2.35. The van der Waals surface area contributed by atoms with Crippen molar-refractivity contribution in [1.82, 2.24) is 19.4 Å². The summed E-state index contributed by atoms with van der Waals surface area (Å²) >= 11 is 0. The Morgan fingerprint density at radius 3 is 2.88 bits per heavy atom. The lowest BCUT2D eigenvalue weighted by molar-refractivity contribution is -0.114. The molecule has 1 saturated heterocycles. The number of pyridine rings is 2. The molecule has 2 aliphatic heterocycles. The molecular formula is C24H29N5O3. The van der Waals surface area contributed by atoms with Gasteiger partial charge in [0.2, 0.25) is 5.91 Å². The Labute approximate surface area is 187 Å². The number of ether oxygens (including phenoxy) is 2. The Bertz CT molecular complexity index is 1190. The van der Waals surface area contributed by atoms with Crippen molar-refractivity contribution in [3.8, 4) is 11.3 Å². The summed E-state index contributed by atoms with van der Waals surface area (Å²) < 4.78 is 14.1. The highest BCUT2D eigenvalue weighted by molar-refractivity contribution is 5.98. The molecule has 1 N–H and O–H groups in total. The first-order valence-electron chi connectivity index (χ1n) is 11.0. The van der Waals surface area contributed by atoms with Crippen LogP contribution in [-0.2, 0) is 39.9 Å². The summed E-state index contributed by atoms with van der Waals surface area (Å²) in [5, 5.41) is 3.79. The fraction of sp³-hybridized carbons (Fsp3) is 0.458. The van der Waals surface area contributed by atoms with Crippen molar-refractivity contribution in [2.24, 2.45) is 7.05 Å². The Kier molecular flexibility index (Phi) is 5.23. The first kappa shape index (κ1) is 21.1. The summed E-state index contributed by atoms with van der Waals surface area (Å²) in [5.41, 5.74) is 6.03. The minimum Gasteiger partial charge on any atom is -0.378 e. The van der Waals surface area contributed by atoms with Crippen molar-refractivity contribution < 1.29 is 14.3 Å². The largest absolute Gasteiger partial charge is 0.378 e. The molecule has 5 heterocycles. The lowest BCUT2D eigenvalue weighted by atomic mass is 9.86. The maximum absolute atomic E-state index is 11.6. The molecule has 1 fully saturated rings. The standard InChI is InChI=1S/C24H29N5O3/c1-15(30)26-22-10-18-19(13-29(4)21(18)11-25-22)20-9-16(12-28(2)3)17-5-7-32-24(23(17)27-20)6-8-31-14-24/h9-11,13H,5-8,12,14H2,1-4H3,(H,25,26,30). The lowest BCUT2D eigenvalue weighted by Crippen LogP contribution is -2.38. The summed E-state index contributed by atoms with van der Waals surface area (Å²) in [6.07, 6.45) is 5.56. The molecule has 0 aromatic carbocycles. The second kappa shape index (κ2) is 7.95. The minimum absolute atomic E-state index is 0.144. The van der Waals surface area contributed by atoms with Gasteiger partial charge in [0, 0.05) is 50.7 Å². The van der Waals surface area contributed by atoms with E-state index in [1.54, 1.807) is 6.20 Å². The molecule has 0 bridgehead atoms. The van der Waals surface area contributed by atoms with Crippen molar-refractivity contribution in [3.05, 3.63) is 41.3 Å². The number of aromatic nitrogens is 3. The molecule has 32 heavy (non-hydrogen) atoms. The van der Waals surface area contributed by atoms with Crippen molar-refractivity contribution >= 4 is 22.6 Å². The van der Waals surface area contributed by atoms with Gasteiger partial charge in [-0.3, -0.25) is 4.79 Å². The summed E-state index contributed by atoms with van der Waals surface area (Å²) in [7, 11) is 6.17. The molecule has 1 amide bonds. The zero-order valence-electron chi connectivity index (χ0n) is 19.1. The van der Waals surface area contributed by atoms with Gasteiger partial charge in [0.25, 0.3) is 0 Å². The fourth-order valence-corrected chi connectivity index (χ4v) is 4.89. The molecule has 0 saturated carbocycles. The van der Waals surface area contributed by atoms with Crippen molar-refractivity contribution in [1.29, 1.82) is 0 Å². The van der Waals surface area contributed by atoms with Crippen molar-refractivity contribution in [2.45, 2.75) is 31.9 Å². The van der Waals surface area contributed by atoms with E-state index in [1.165, 1.54) is 18.1 Å². The quantitative estimate of drug-likeness (QED) is 0.679. The van der Waals surface area contributed by atoms with Crippen LogP contribution < -0.4 is 5.32 Å². The third-order valence-electron chi connectivity index (χ3n) is 6.31. The third-order valence-corrected chi connectivity index (χ3v) is 6.31. The number of rotatable bonds is 4. The van der Waals surface area contributed by atoms with E-state index in [0.29, 0.717) is 25.6 Å². The first-order chi connectivity index (χ1) is 15.4. The topological polar surface area (TPSA) is 81.5 Å². The molecule has 8 nitrogen and oxygen atoms in total. The molecule has 2 aliphatic rings. The number of aryl methyl sites for hydroxylation is 1. The van der Waals surface area contributed by atoms with E-state index in [9.17, 15) is 4.79 Å². The molecule has 1 spiro atoms. The maximum Gasteiger partial charge on any atom is 0.222 e. The number of nitrogens with one attached hydrogen (secondary N) is 1. The van der Waals surface area contributed by atoms with Crippen LogP contribution in [0.2, 0.25) is 0 Å². The van der Waals surface area contributed by atoms with Gasteiger partial charge in [0.15, 0.2) is 0 Å². The van der Waals surface area contributed by atoms with Crippen LogP contribution in [0.25, 0.3) is 22.2 Å². The predicted molar refractivity (Wildman–Crippen MR) is 122 cm³/mol. The van der Waals surface area contributed by atoms with Gasteiger partial charge in [0.05, 0.1) is 36.3 Å². The SMILES string of the molecule is CC(=O)Nc1cc2c(-c3cc(CN(C)C)c4c(n3)C3(CCOC3)OCC4)cn(C)c2cn1. The van der Waals surface area contributed by atoms with E-state index in [-0.39, 0.29) is 5.91 Å². The normalized spacial score (nSPS) is 20.3. The molecule has 0 radical (unpaired) electrons. The zero-order chi connectivity index (χ0) is 22.5. The van der Waals surface area contributed by atoms with Crippen LogP contribution >= 0.6 is 0 Å². The van der Waals surface area contributed by atoms with Crippen LogP contribution in [0.4, 0.5) is 5.82 Å². The molecular weight excluding hydrogens is 406 g/mol. The van der Waals surface area contributed by atoms with Gasteiger partial charge in [-0.2, -0.15) is 0 Å². The molecule has 3 aromatic rings. The van der Waals surface area contributed by atoms with Gasteiger partial charge in [-0.1, -0.05) is 0 Å². The van der Waals surface area contributed by atoms with Gasteiger partial charge in [-0.25, -0.2) is 9.97 Å². The number of hydrogen-bond donors (Lipinski definition) is 1. The van der Waals surface area contributed by atoms with Crippen LogP contribution in [0.5, 0.6) is 0 Å². The average molecular weight is 436 g/mol. The monoisotopic (exact) mass is 435 g/mol. The number of anilines is 1. The van der Waals surface area contributed by atoms with Crippen molar-refractivity contribution in [3.63, 3.8) is 0 Å². The second-order valence-corrected chi connectivity index (χ2v) is 9.05. The summed E-state index contributed by atoms with van der Waals surface area (Å²) in [4.78, 5) is 23.3. The van der Waals surface area contributed by atoms with Crippen LogP contribution in [0.15, 0.2) is 24.5 Å². The van der Waals surface area contributed by atoms with E-state index in [4.69, 9.17) is 14.5 Å². The molecule has 1 unspecified atom stereocenters. The molecule has 5 rings (SSSR count). The molecule has 8 heteroatoms. The van der Waals surface area contributed by atoms with Gasteiger partial charge in [0.1, 0.15) is 11.4 Å². The van der Waals surface area contributed by atoms with E-state index < -0.39 is 5.60 Å². The van der Waals surface area contributed by atoms with E-state index >= 15 is 0 Å². The molecule has 3 aromatic heterocycles. The number of nitrogens with zero attached hydrogens (tertiary/aromatic N) is 4. The van der Waals surface area contributed by atoms with Crippen LogP contribution in [0.1, 0.15) is 30.2 Å². The highest BCUT2D eigenvalue weighted by Crippen LogP contribution is 2.42. The van der Waals surface area contributed by atoms with Gasteiger partial charge >= 0.3 is 0 Å². The zero-order valence-corrected chi connectivity index (χ0v) is 19.1. The third kappa shape index (κ3) is 3.58. The number of carbonyl (C=O) groups is 1. The summed E-state index contributed by atoms with van der Waals surface area (Å²) in [6, 6.07) is 4.13. The van der Waals surface area contributed by atoms with E-state index in [2.05, 4.69) is 41.6 Å². The fourth-order valence-electron chi connectivity index (χ4n) is 4.89. The number of hydrogen-bond acceptors (Lipinski definition) is 6. The number of fused-ring (bicyclic) bond motifs is 3. The number of carbonyl (C=O) groups excluding carboxylic acids is 1. The summed E-state index contributed by atoms with van der Waals surface area (Å²) in [6.45, 7) is 4.24. The Balaban J connectivity index is 1.71. The second-order valence-electron chi connectivity index (χ2n) is 9.05. The van der Waals surface area contributed by atoms with Gasteiger partial charge in [-0.15, -0.1) is 0 Å². The molecule has 1 atom stereocenters. The predicted octanol–water partition coefficient (Wildman–Crippen LogP) is 2.84. The molecule has 0 aliphatic carbocycles. The summed E-state index contributed by atoms with van der Waals surface area (Å²) in [5.74, 6) is 0.391. The molecule has 168 valence electrons.